The summed E-state index contributed by atoms with van der Waals surface area (Å²) in [5, 5.41) is 3.97. The summed E-state index contributed by atoms with van der Waals surface area (Å²) in [5.41, 5.74) is 1.67. The number of benzene rings is 2. The van der Waals surface area contributed by atoms with Crippen molar-refractivity contribution in [3.8, 4) is 0 Å². The number of carbonyl (C=O) groups excluding carboxylic acids is 1. The van der Waals surface area contributed by atoms with Gasteiger partial charge in [0.1, 0.15) is 0 Å². The minimum Gasteiger partial charge on any atom is -0.378 e. The first-order chi connectivity index (χ1) is 13.6. The number of fused-ring (bicyclic) bond motifs is 1. The molecule has 0 bridgehead atoms. The summed E-state index contributed by atoms with van der Waals surface area (Å²) in [7, 11) is 0. The highest BCUT2D eigenvalue weighted by Gasteiger charge is 2.16. The molecule has 0 atom stereocenters. The molecule has 7 nitrogen and oxygen atoms in total. The minimum absolute atomic E-state index is 0.223. The highest BCUT2D eigenvalue weighted by atomic mass is 35.5. The Bertz CT molecular complexity index is 1060. The molecule has 0 saturated carbocycles. The van der Waals surface area contributed by atoms with Crippen molar-refractivity contribution in [1.82, 2.24) is 15.3 Å². The average molecular weight is 399 g/mol. The Morgan fingerprint density at radius 1 is 1.18 bits per heavy atom. The number of aromatic amines is 1. The van der Waals surface area contributed by atoms with E-state index in [2.05, 4.69) is 15.3 Å². The largest absolute Gasteiger partial charge is 0.378 e. The molecule has 4 rings (SSSR count). The fourth-order valence-electron chi connectivity index (χ4n) is 3.08. The Morgan fingerprint density at radius 2 is 1.93 bits per heavy atom. The number of anilines is 1. The van der Waals surface area contributed by atoms with Crippen LogP contribution in [0.5, 0.6) is 0 Å². The number of nitrogens with zero attached hydrogens (tertiary/aromatic N) is 2. The van der Waals surface area contributed by atoms with Gasteiger partial charge in [-0.05, 0) is 35.9 Å². The van der Waals surface area contributed by atoms with E-state index in [0.717, 1.165) is 5.56 Å². The van der Waals surface area contributed by atoms with Gasteiger partial charge in [0.2, 0.25) is 5.95 Å². The number of amides is 1. The van der Waals surface area contributed by atoms with Crippen molar-refractivity contribution >= 4 is 34.4 Å². The summed E-state index contributed by atoms with van der Waals surface area (Å²) < 4.78 is 5.34. The number of hydrogen-bond donors (Lipinski definition) is 2. The van der Waals surface area contributed by atoms with Gasteiger partial charge in [0.15, 0.2) is 0 Å². The second-order valence-corrected chi connectivity index (χ2v) is 6.97. The van der Waals surface area contributed by atoms with E-state index < -0.39 is 0 Å². The number of nitrogens with one attached hydrogen (secondary N) is 2. The maximum absolute atomic E-state index is 12.5. The molecule has 2 N–H and O–H groups in total. The highest BCUT2D eigenvalue weighted by molar-refractivity contribution is 6.30. The average Bonchev–Trinajstić information content (AvgIpc) is 2.73. The van der Waals surface area contributed by atoms with Crippen LogP contribution in [0, 0.1) is 0 Å². The van der Waals surface area contributed by atoms with E-state index in [9.17, 15) is 9.59 Å². The van der Waals surface area contributed by atoms with Crippen LogP contribution >= 0.6 is 11.6 Å². The molecular formula is C20H19ClN4O3. The van der Waals surface area contributed by atoms with Gasteiger partial charge in [-0.2, -0.15) is 0 Å². The Balaban J connectivity index is 1.56. The van der Waals surface area contributed by atoms with E-state index in [-0.39, 0.29) is 11.5 Å². The zero-order chi connectivity index (χ0) is 19.5. The van der Waals surface area contributed by atoms with Crippen molar-refractivity contribution in [2.24, 2.45) is 0 Å². The van der Waals surface area contributed by atoms with Gasteiger partial charge in [0.25, 0.3) is 11.5 Å². The molecule has 0 radical (unpaired) electrons. The van der Waals surface area contributed by atoms with E-state index in [1.807, 2.05) is 17.0 Å². The third-order valence-electron chi connectivity index (χ3n) is 4.63. The number of hydrogen-bond acceptors (Lipinski definition) is 5. The maximum Gasteiger partial charge on any atom is 0.260 e. The van der Waals surface area contributed by atoms with Gasteiger partial charge in [-0.25, -0.2) is 4.98 Å². The molecule has 1 aromatic heterocycles. The van der Waals surface area contributed by atoms with E-state index >= 15 is 0 Å². The van der Waals surface area contributed by atoms with E-state index in [1.165, 1.54) is 0 Å². The van der Waals surface area contributed by atoms with Gasteiger partial charge < -0.3 is 15.0 Å². The monoisotopic (exact) mass is 398 g/mol. The molecule has 144 valence electrons. The lowest BCUT2D eigenvalue weighted by Gasteiger charge is -2.27. The summed E-state index contributed by atoms with van der Waals surface area (Å²) in [5.74, 6) is 0.270. The van der Waals surface area contributed by atoms with Crippen molar-refractivity contribution in [3.63, 3.8) is 0 Å². The molecule has 1 fully saturated rings. The number of H-pyrrole nitrogens is 1. The SMILES string of the molecule is O=C(NCc1ccc(Cl)cc1)c1ccc2c(=O)[nH]c(N3CCOCC3)nc2c1. The summed E-state index contributed by atoms with van der Waals surface area (Å²) in [6.07, 6.45) is 0. The van der Waals surface area contributed by atoms with Crippen LogP contribution in [0.3, 0.4) is 0 Å². The second-order valence-electron chi connectivity index (χ2n) is 6.53. The molecule has 8 heteroatoms. The third kappa shape index (κ3) is 4.00. The standard InChI is InChI=1S/C20H19ClN4O3/c21-15-4-1-13(2-5-15)12-22-18(26)14-3-6-16-17(11-14)23-20(24-19(16)27)25-7-9-28-10-8-25/h1-6,11H,7-10,12H2,(H,22,26)(H,23,24,27). The van der Waals surface area contributed by atoms with Gasteiger partial charge in [0, 0.05) is 30.2 Å². The van der Waals surface area contributed by atoms with Crippen LogP contribution in [0.2, 0.25) is 5.02 Å². The fourth-order valence-corrected chi connectivity index (χ4v) is 3.21. The topological polar surface area (TPSA) is 87.3 Å². The molecule has 1 saturated heterocycles. The minimum atomic E-state index is -0.230. The fraction of sp³-hybridized carbons (Fsp3) is 0.250. The molecule has 0 aliphatic carbocycles. The number of morpholine rings is 1. The summed E-state index contributed by atoms with van der Waals surface area (Å²) in [6, 6.07) is 12.2. The lowest BCUT2D eigenvalue weighted by atomic mass is 10.1. The molecule has 3 aromatic rings. The smallest absolute Gasteiger partial charge is 0.260 e. The number of rotatable bonds is 4. The van der Waals surface area contributed by atoms with E-state index in [0.29, 0.717) is 60.3 Å². The van der Waals surface area contributed by atoms with Crippen LogP contribution in [0.15, 0.2) is 47.3 Å². The zero-order valence-corrected chi connectivity index (χ0v) is 15.8. The molecule has 28 heavy (non-hydrogen) atoms. The van der Waals surface area contributed by atoms with Gasteiger partial charge in [0.05, 0.1) is 24.1 Å². The molecule has 1 amide bonds. The summed E-state index contributed by atoms with van der Waals surface area (Å²) in [6.45, 7) is 2.89. The summed E-state index contributed by atoms with van der Waals surface area (Å²) in [4.78, 5) is 34.3. The molecule has 0 spiro atoms. The zero-order valence-electron chi connectivity index (χ0n) is 15.1. The third-order valence-corrected chi connectivity index (χ3v) is 4.89. The Hall–Kier alpha value is -2.90. The van der Waals surface area contributed by atoms with Crippen molar-refractivity contribution in [3.05, 3.63) is 69.0 Å². The van der Waals surface area contributed by atoms with Crippen LogP contribution in [0.1, 0.15) is 15.9 Å². The van der Waals surface area contributed by atoms with Crippen LogP contribution in [0.4, 0.5) is 5.95 Å². The van der Waals surface area contributed by atoms with Gasteiger partial charge in [-0.15, -0.1) is 0 Å². The van der Waals surface area contributed by atoms with Gasteiger partial charge in [-0.1, -0.05) is 23.7 Å². The number of halogens is 1. The molecule has 1 aliphatic heterocycles. The lowest BCUT2D eigenvalue weighted by molar-refractivity contribution is 0.0951. The first-order valence-corrected chi connectivity index (χ1v) is 9.37. The van der Waals surface area contributed by atoms with Crippen LogP contribution in [0.25, 0.3) is 10.9 Å². The summed E-state index contributed by atoms with van der Waals surface area (Å²) >= 11 is 5.87. The number of carbonyl (C=O) groups is 1. The predicted octanol–water partition coefficient (Wildman–Crippen LogP) is 2.34. The van der Waals surface area contributed by atoms with Crippen molar-refractivity contribution in [1.29, 1.82) is 0 Å². The van der Waals surface area contributed by atoms with Crippen molar-refractivity contribution in [2.75, 3.05) is 31.2 Å². The van der Waals surface area contributed by atoms with Crippen molar-refractivity contribution < 1.29 is 9.53 Å². The molecular weight excluding hydrogens is 380 g/mol. The molecule has 1 aliphatic rings. The highest BCUT2D eigenvalue weighted by Crippen LogP contribution is 2.15. The van der Waals surface area contributed by atoms with Crippen LogP contribution in [-0.2, 0) is 11.3 Å². The van der Waals surface area contributed by atoms with Crippen LogP contribution in [-0.4, -0.2) is 42.2 Å². The van der Waals surface area contributed by atoms with E-state index in [4.69, 9.17) is 16.3 Å². The number of ether oxygens (including phenoxy) is 1. The van der Waals surface area contributed by atoms with Gasteiger partial charge >= 0.3 is 0 Å². The Labute approximate surface area is 166 Å². The first kappa shape index (κ1) is 18.5. The first-order valence-electron chi connectivity index (χ1n) is 8.99. The van der Waals surface area contributed by atoms with Crippen molar-refractivity contribution in [2.45, 2.75) is 6.54 Å². The number of aromatic nitrogens is 2. The molecule has 0 unspecified atom stereocenters. The van der Waals surface area contributed by atoms with Gasteiger partial charge in [-0.3, -0.25) is 14.6 Å². The normalized spacial score (nSPS) is 14.2. The Kier molecular flexibility index (Phi) is 5.27. The molecule has 2 aromatic carbocycles. The predicted molar refractivity (Wildman–Crippen MR) is 108 cm³/mol. The second kappa shape index (κ2) is 8.00. The van der Waals surface area contributed by atoms with E-state index in [1.54, 1.807) is 30.3 Å². The Morgan fingerprint density at radius 3 is 2.68 bits per heavy atom. The lowest BCUT2D eigenvalue weighted by Crippen LogP contribution is -2.38. The van der Waals surface area contributed by atoms with Crippen LogP contribution < -0.4 is 15.8 Å². The quantitative estimate of drug-likeness (QED) is 0.704. The molecule has 2 heterocycles. The maximum atomic E-state index is 12.5.